The third kappa shape index (κ3) is 3.57. The summed E-state index contributed by atoms with van der Waals surface area (Å²) in [6.07, 6.45) is 0.689. The van der Waals surface area contributed by atoms with Gasteiger partial charge in [-0.05, 0) is 31.0 Å². The smallest absolute Gasteiger partial charge is 0.255 e. The minimum absolute atomic E-state index is 0.0753. The van der Waals surface area contributed by atoms with Crippen LogP contribution in [0.5, 0.6) is 5.75 Å². The average Bonchev–Trinajstić information content (AvgIpc) is 2.39. The predicted octanol–water partition coefficient (Wildman–Crippen LogP) is 2.89. The quantitative estimate of drug-likeness (QED) is 0.900. The molecule has 2 aromatic carbocycles. The lowest BCUT2D eigenvalue weighted by molar-refractivity contribution is 0.0937. The molecule has 0 spiro atoms. The van der Waals surface area contributed by atoms with E-state index in [1.54, 1.807) is 0 Å². The maximum atomic E-state index is 12.9. The third-order valence-corrected chi connectivity index (χ3v) is 2.97. The number of hydrogen-bond donors (Lipinski definition) is 2. The summed E-state index contributed by atoms with van der Waals surface area (Å²) in [6.45, 7) is 1.88. The molecule has 2 rings (SSSR count). The van der Waals surface area contributed by atoms with Gasteiger partial charge in [0.2, 0.25) is 0 Å². The molecule has 0 aromatic heterocycles. The van der Waals surface area contributed by atoms with E-state index in [4.69, 9.17) is 0 Å². The van der Waals surface area contributed by atoms with Crippen molar-refractivity contribution in [2.45, 2.75) is 19.4 Å². The molecule has 0 aliphatic rings. The number of carbonyl (C=O) groups is 1. The highest BCUT2D eigenvalue weighted by atomic mass is 19.1. The molecule has 1 unspecified atom stereocenters. The van der Waals surface area contributed by atoms with Crippen LogP contribution in [0.2, 0.25) is 0 Å². The fraction of sp³-hybridized carbons (Fsp3) is 0.188. The van der Waals surface area contributed by atoms with Crippen molar-refractivity contribution in [1.29, 1.82) is 0 Å². The van der Waals surface area contributed by atoms with Gasteiger partial charge in [0.25, 0.3) is 5.91 Å². The van der Waals surface area contributed by atoms with Crippen LogP contribution in [0.1, 0.15) is 22.8 Å². The average molecular weight is 273 g/mol. The van der Waals surface area contributed by atoms with Crippen LogP contribution in [0.3, 0.4) is 0 Å². The Labute approximate surface area is 117 Å². The van der Waals surface area contributed by atoms with Gasteiger partial charge in [0.05, 0.1) is 5.56 Å². The minimum atomic E-state index is -0.573. The van der Waals surface area contributed by atoms with Crippen molar-refractivity contribution in [3.8, 4) is 5.75 Å². The number of hydrogen-bond acceptors (Lipinski definition) is 2. The molecular formula is C16H16FNO2. The molecule has 2 N–H and O–H groups in total. The molecule has 0 aliphatic carbocycles. The zero-order valence-electron chi connectivity index (χ0n) is 11.1. The van der Waals surface area contributed by atoms with Gasteiger partial charge in [0.1, 0.15) is 11.6 Å². The molecule has 1 amide bonds. The molecule has 0 radical (unpaired) electrons. The Kier molecular flexibility index (Phi) is 4.35. The lowest BCUT2D eigenvalue weighted by Crippen LogP contribution is -2.34. The number of phenols is 1. The standard InChI is InChI=1S/C16H16FNO2/c1-11(9-12-5-3-2-4-6-12)18-16(20)14-8-7-13(17)10-15(14)19/h2-8,10-11,19H,9H2,1H3,(H,18,20). The Morgan fingerprint density at radius 1 is 1.25 bits per heavy atom. The first-order chi connectivity index (χ1) is 9.56. The van der Waals surface area contributed by atoms with E-state index in [9.17, 15) is 14.3 Å². The van der Waals surface area contributed by atoms with E-state index < -0.39 is 11.7 Å². The molecule has 0 saturated carbocycles. The van der Waals surface area contributed by atoms with Gasteiger partial charge < -0.3 is 10.4 Å². The van der Waals surface area contributed by atoms with E-state index in [2.05, 4.69) is 5.32 Å². The SMILES string of the molecule is CC(Cc1ccccc1)NC(=O)c1ccc(F)cc1O. The summed E-state index contributed by atoms with van der Waals surface area (Å²) >= 11 is 0. The predicted molar refractivity (Wildman–Crippen MR) is 75.1 cm³/mol. The number of halogens is 1. The molecule has 1 atom stereocenters. The van der Waals surface area contributed by atoms with Crippen LogP contribution in [-0.2, 0) is 6.42 Å². The van der Waals surface area contributed by atoms with E-state index in [0.717, 1.165) is 17.7 Å². The monoisotopic (exact) mass is 273 g/mol. The molecule has 3 nitrogen and oxygen atoms in total. The fourth-order valence-corrected chi connectivity index (χ4v) is 2.02. The van der Waals surface area contributed by atoms with Gasteiger partial charge in [0, 0.05) is 12.1 Å². The maximum absolute atomic E-state index is 12.9. The largest absolute Gasteiger partial charge is 0.507 e. The second-order valence-electron chi connectivity index (χ2n) is 4.73. The first-order valence-corrected chi connectivity index (χ1v) is 6.39. The Morgan fingerprint density at radius 3 is 2.60 bits per heavy atom. The van der Waals surface area contributed by atoms with Crippen molar-refractivity contribution in [1.82, 2.24) is 5.32 Å². The normalized spacial score (nSPS) is 11.9. The molecule has 2 aromatic rings. The Hall–Kier alpha value is -2.36. The highest BCUT2D eigenvalue weighted by Gasteiger charge is 2.14. The second kappa shape index (κ2) is 6.19. The second-order valence-corrected chi connectivity index (χ2v) is 4.73. The fourth-order valence-electron chi connectivity index (χ4n) is 2.02. The van der Waals surface area contributed by atoms with Crippen LogP contribution in [-0.4, -0.2) is 17.1 Å². The number of benzene rings is 2. The van der Waals surface area contributed by atoms with Crippen LogP contribution in [0.15, 0.2) is 48.5 Å². The Bertz CT molecular complexity index is 599. The van der Waals surface area contributed by atoms with Crippen molar-refractivity contribution in [3.63, 3.8) is 0 Å². The lowest BCUT2D eigenvalue weighted by atomic mass is 10.1. The molecule has 0 aliphatic heterocycles. The molecule has 0 saturated heterocycles. The zero-order chi connectivity index (χ0) is 14.5. The summed E-state index contributed by atoms with van der Waals surface area (Å²) in [5.41, 5.74) is 1.19. The molecule has 0 fully saturated rings. The van der Waals surface area contributed by atoms with Crippen molar-refractivity contribution < 1.29 is 14.3 Å². The van der Waals surface area contributed by atoms with Crippen molar-refractivity contribution in [2.75, 3.05) is 0 Å². The van der Waals surface area contributed by atoms with E-state index in [1.165, 1.54) is 6.07 Å². The topological polar surface area (TPSA) is 49.3 Å². The van der Waals surface area contributed by atoms with E-state index in [0.29, 0.717) is 6.42 Å². The van der Waals surface area contributed by atoms with E-state index in [1.807, 2.05) is 37.3 Å². The number of carbonyl (C=O) groups excluding carboxylic acids is 1. The lowest BCUT2D eigenvalue weighted by Gasteiger charge is -2.14. The van der Waals surface area contributed by atoms with Crippen LogP contribution < -0.4 is 5.32 Å². The molecule has 4 heteroatoms. The summed E-state index contributed by atoms with van der Waals surface area (Å²) in [5, 5.41) is 12.3. The molecular weight excluding hydrogens is 257 g/mol. The number of phenolic OH excluding ortho intramolecular Hbond substituents is 1. The summed E-state index contributed by atoms with van der Waals surface area (Å²) < 4.78 is 12.9. The van der Waals surface area contributed by atoms with Crippen LogP contribution in [0.4, 0.5) is 4.39 Å². The number of aromatic hydroxyl groups is 1. The van der Waals surface area contributed by atoms with Crippen LogP contribution >= 0.6 is 0 Å². The maximum Gasteiger partial charge on any atom is 0.255 e. The molecule has 104 valence electrons. The molecule has 20 heavy (non-hydrogen) atoms. The third-order valence-electron chi connectivity index (χ3n) is 2.97. The summed E-state index contributed by atoms with van der Waals surface area (Å²) in [6, 6.07) is 13.0. The zero-order valence-corrected chi connectivity index (χ0v) is 11.1. The summed E-state index contributed by atoms with van der Waals surface area (Å²) in [5.74, 6) is -1.34. The number of rotatable bonds is 4. The molecule has 0 heterocycles. The van der Waals surface area contributed by atoms with Crippen molar-refractivity contribution >= 4 is 5.91 Å². The highest BCUT2D eigenvalue weighted by molar-refractivity contribution is 5.96. The van der Waals surface area contributed by atoms with Crippen LogP contribution in [0.25, 0.3) is 0 Å². The first kappa shape index (κ1) is 14.1. The minimum Gasteiger partial charge on any atom is -0.507 e. The summed E-state index contributed by atoms with van der Waals surface area (Å²) in [4.78, 5) is 12.0. The van der Waals surface area contributed by atoms with Gasteiger partial charge in [-0.15, -0.1) is 0 Å². The van der Waals surface area contributed by atoms with Gasteiger partial charge in [-0.2, -0.15) is 0 Å². The first-order valence-electron chi connectivity index (χ1n) is 6.39. The van der Waals surface area contributed by atoms with Gasteiger partial charge in [0.15, 0.2) is 0 Å². The van der Waals surface area contributed by atoms with Gasteiger partial charge in [-0.25, -0.2) is 4.39 Å². The summed E-state index contributed by atoms with van der Waals surface area (Å²) in [7, 11) is 0. The number of nitrogens with one attached hydrogen (secondary N) is 1. The van der Waals surface area contributed by atoms with Gasteiger partial charge >= 0.3 is 0 Å². The van der Waals surface area contributed by atoms with Crippen molar-refractivity contribution in [2.24, 2.45) is 0 Å². The van der Waals surface area contributed by atoms with Crippen molar-refractivity contribution in [3.05, 3.63) is 65.5 Å². The van der Waals surface area contributed by atoms with E-state index in [-0.39, 0.29) is 17.4 Å². The Balaban J connectivity index is 2.00. The van der Waals surface area contributed by atoms with Gasteiger partial charge in [-0.1, -0.05) is 30.3 Å². The Morgan fingerprint density at radius 2 is 1.95 bits per heavy atom. The van der Waals surface area contributed by atoms with Crippen LogP contribution in [0, 0.1) is 5.82 Å². The molecule has 0 bridgehead atoms. The number of amides is 1. The van der Waals surface area contributed by atoms with Gasteiger partial charge in [-0.3, -0.25) is 4.79 Å². The highest BCUT2D eigenvalue weighted by Crippen LogP contribution is 2.18. The van der Waals surface area contributed by atoms with E-state index >= 15 is 0 Å².